The van der Waals surface area contributed by atoms with Crippen LogP contribution in [0.4, 0.5) is 5.69 Å². The average molecular weight is 395 g/mol. The van der Waals surface area contributed by atoms with Crippen LogP contribution in [-0.4, -0.2) is 28.4 Å². The highest BCUT2D eigenvalue weighted by Crippen LogP contribution is 2.33. The van der Waals surface area contributed by atoms with Crippen molar-refractivity contribution in [3.8, 4) is 0 Å². The fraction of sp³-hybridized carbons (Fsp3) is 0.458. The molecular weight excluding hydrogens is 364 g/mol. The SMILES string of the molecule is CCc1cc2c(cc1CC)CC(NC(O)C(O)c1cccc3c1NC(=O)CC3)C2. The van der Waals surface area contributed by atoms with Crippen molar-refractivity contribution < 1.29 is 15.0 Å². The smallest absolute Gasteiger partial charge is 0.224 e. The number of aliphatic hydroxyl groups is 2. The maximum atomic E-state index is 11.8. The molecule has 2 atom stereocenters. The van der Waals surface area contributed by atoms with Gasteiger partial charge < -0.3 is 15.5 Å². The zero-order valence-electron chi connectivity index (χ0n) is 17.2. The Morgan fingerprint density at radius 1 is 1.03 bits per heavy atom. The number of anilines is 1. The Labute approximate surface area is 172 Å². The van der Waals surface area contributed by atoms with Gasteiger partial charge in [0.25, 0.3) is 0 Å². The zero-order chi connectivity index (χ0) is 20.5. The molecule has 0 saturated carbocycles. The van der Waals surface area contributed by atoms with Crippen LogP contribution in [0.1, 0.15) is 59.8 Å². The molecule has 2 aromatic rings. The number of carbonyl (C=O) groups excluding carboxylic acids is 1. The van der Waals surface area contributed by atoms with Crippen molar-refractivity contribution in [3.05, 3.63) is 63.7 Å². The number of fused-ring (bicyclic) bond motifs is 2. The minimum atomic E-state index is -1.11. The summed E-state index contributed by atoms with van der Waals surface area (Å²) in [6.07, 6.45) is 2.65. The van der Waals surface area contributed by atoms with E-state index in [9.17, 15) is 15.0 Å². The highest BCUT2D eigenvalue weighted by molar-refractivity contribution is 5.94. The second-order valence-corrected chi connectivity index (χ2v) is 8.19. The molecule has 5 nitrogen and oxygen atoms in total. The van der Waals surface area contributed by atoms with Gasteiger partial charge in [0.2, 0.25) is 5.91 Å². The van der Waals surface area contributed by atoms with Crippen molar-refractivity contribution in [2.24, 2.45) is 0 Å². The summed E-state index contributed by atoms with van der Waals surface area (Å²) in [5.41, 5.74) is 7.68. The second-order valence-electron chi connectivity index (χ2n) is 8.19. The van der Waals surface area contributed by atoms with Crippen molar-refractivity contribution in [1.29, 1.82) is 0 Å². The van der Waals surface area contributed by atoms with Gasteiger partial charge in [-0.15, -0.1) is 0 Å². The third kappa shape index (κ3) is 3.95. The fourth-order valence-electron chi connectivity index (χ4n) is 4.73. The zero-order valence-corrected chi connectivity index (χ0v) is 17.2. The highest BCUT2D eigenvalue weighted by atomic mass is 16.3. The van der Waals surface area contributed by atoms with Gasteiger partial charge in [-0.1, -0.05) is 44.2 Å². The maximum absolute atomic E-state index is 11.8. The monoisotopic (exact) mass is 394 g/mol. The summed E-state index contributed by atoms with van der Waals surface area (Å²) >= 11 is 0. The van der Waals surface area contributed by atoms with Crippen LogP contribution in [0.3, 0.4) is 0 Å². The molecule has 2 unspecified atom stereocenters. The van der Waals surface area contributed by atoms with E-state index in [0.29, 0.717) is 24.1 Å². The van der Waals surface area contributed by atoms with Crippen LogP contribution >= 0.6 is 0 Å². The number of nitrogens with one attached hydrogen (secondary N) is 2. The van der Waals surface area contributed by atoms with E-state index in [1.165, 1.54) is 22.3 Å². The lowest BCUT2D eigenvalue weighted by molar-refractivity contribution is -0.116. The van der Waals surface area contributed by atoms with Gasteiger partial charge in [0.1, 0.15) is 12.3 Å². The molecule has 2 aromatic carbocycles. The lowest BCUT2D eigenvalue weighted by atomic mass is 9.95. The van der Waals surface area contributed by atoms with E-state index >= 15 is 0 Å². The molecule has 5 heteroatoms. The molecule has 4 rings (SSSR count). The van der Waals surface area contributed by atoms with Crippen LogP contribution in [-0.2, 0) is 36.9 Å². The lowest BCUT2D eigenvalue weighted by Gasteiger charge is -2.27. The number of benzene rings is 2. The predicted molar refractivity (Wildman–Crippen MR) is 114 cm³/mol. The Morgan fingerprint density at radius 2 is 1.69 bits per heavy atom. The number of aryl methyl sites for hydroxylation is 3. The summed E-state index contributed by atoms with van der Waals surface area (Å²) in [5.74, 6) is -0.0516. The standard InChI is InChI=1S/C24H30N2O3/c1-3-14-10-17-12-19(13-18(17)11-15(14)4-2)25-24(29)23(28)20-7-5-6-16-8-9-21(27)26-22(16)20/h5-7,10-11,19,23-25,28-29H,3-4,8-9,12-13H2,1-2H3,(H,26,27). The molecule has 29 heavy (non-hydrogen) atoms. The number of rotatable bonds is 6. The minimum Gasteiger partial charge on any atom is -0.384 e. The van der Waals surface area contributed by atoms with E-state index in [0.717, 1.165) is 31.2 Å². The molecule has 2 aliphatic rings. The number of amides is 1. The molecule has 1 aliphatic carbocycles. The van der Waals surface area contributed by atoms with Crippen molar-refractivity contribution in [2.45, 2.75) is 70.7 Å². The van der Waals surface area contributed by atoms with Crippen LogP contribution in [0.5, 0.6) is 0 Å². The van der Waals surface area contributed by atoms with E-state index in [2.05, 4.69) is 36.6 Å². The van der Waals surface area contributed by atoms with E-state index in [-0.39, 0.29) is 11.9 Å². The summed E-state index contributed by atoms with van der Waals surface area (Å²) in [4.78, 5) is 11.8. The topological polar surface area (TPSA) is 81.6 Å². The van der Waals surface area contributed by atoms with Crippen molar-refractivity contribution in [1.82, 2.24) is 5.32 Å². The van der Waals surface area contributed by atoms with E-state index < -0.39 is 12.3 Å². The Morgan fingerprint density at radius 3 is 2.31 bits per heavy atom. The number of hydrogen-bond donors (Lipinski definition) is 4. The van der Waals surface area contributed by atoms with Crippen LogP contribution in [0.15, 0.2) is 30.3 Å². The first-order valence-corrected chi connectivity index (χ1v) is 10.7. The molecule has 1 aliphatic heterocycles. The van der Waals surface area contributed by atoms with Gasteiger partial charge in [-0.25, -0.2) is 0 Å². The first kappa shape index (κ1) is 20.1. The molecule has 1 amide bonds. The molecular formula is C24H30N2O3. The normalized spacial score (nSPS) is 18.1. The lowest BCUT2D eigenvalue weighted by Crippen LogP contribution is -2.42. The molecule has 0 saturated heterocycles. The van der Waals surface area contributed by atoms with E-state index in [4.69, 9.17) is 0 Å². The molecule has 0 radical (unpaired) electrons. The van der Waals surface area contributed by atoms with Gasteiger partial charge >= 0.3 is 0 Å². The van der Waals surface area contributed by atoms with E-state index in [1.807, 2.05) is 12.1 Å². The largest absolute Gasteiger partial charge is 0.384 e. The Kier molecular flexibility index (Phi) is 5.72. The van der Waals surface area contributed by atoms with Crippen molar-refractivity contribution >= 4 is 11.6 Å². The van der Waals surface area contributed by atoms with Crippen LogP contribution in [0.25, 0.3) is 0 Å². The van der Waals surface area contributed by atoms with Crippen LogP contribution in [0.2, 0.25) is 0 Å². The van der Waals surface area contributed by atoms with Gasteiger partial charge in [-0.3, -0.25) is 10.1 Å². The van der Waals surface area contributed by atoms with Gasteiger partial charge in [-0.2, -0.15) is 0 Å². The summed E-state index contributed by atoms with van der Waals surface area (Å²) in [5, 5.41) is 27.6. The minimum absolute atomic E-state index is 0.0516. The third-order valence-corrected chi connectivity index (χ3v) is 6.31. The van der Waals surface area contributed by atoms with Gasteiger partial charge in [0, 0.05) is 23.7 Å². The van der Waals surface area contributed by atoms with Crippen LogP contribution in [0, 0.1) is 0 Å². The van der Waals surface area contributed by atoms with Gasteiger partial charge in [0.15, 0.2) is 0 Å². The molecule has 1 heterocycles. The molecule has 0 spiro atoms. The quantitative estimate of drug-likeness (QED) is 0.568. The van der Waals surface area contributed by atoms with Crippen molar-refractivity contribution in [2.75, 3.05) is 5.32 Å². The first-order valence-electron chi connectivity index (χ1n) is 10.7. The van der Waals surface area contributed by atoms with E-state index in [1.54, 1.807) is 6.07 Å². The number of hydrogen-bond acceptors (Lipinski definition) is 4. The first-order chi connectivity index (χ1) is 14.0. The van der Waals surface area contributed by atoms with Crippen LogP contribution < -0.4 is 10.6 Å². The molecule has 0 fully saturated rings. The fourth-order valence-corrected chi connectivity index (χ4v) is 4.73. The van der Waals surface area contributed by atoms with Gasteiger partial charge in [-0.05, 0) is 59.9 Å². The second kappa shape index (κ2) is 8.27. The molecule has 0 aromatic heterocycles. The average Bonchev–Trinajstić information content (AvgIpc) is 3.12. The molecule has 0 bridgehead atoms. The Bertz CT molecular complexity index is 892. The predicted octanol–water partition coefficient (Wildman–Crippen LogP) is 2.80. The van der Waals surface area contributed by atoms with Crippen molar-refractivity contribution in [3.63, 3.8) is 0 Å². The number of para-hydroxylation sites is 1. The summed E-state index contributed by atoms with van der Waals surface area (Å²) < 4.78 is 0. The molecule has 154 valence electrons. The molecule has 4 N–H and O–H groups in total. The summed E-state index contributed by atoms with van der Waals surface area (Å²) in [6, 6.07) is 10.3. The maximum Gasteiger partial charge on any atom is 0.224 e. The highest BCUT2D eigenvalue weighted by Gasteiger charge is 2.29. The summed E-state index contributed by atoms with van der Waals surface area (Å²) in [7, 11) is 0. The Balaban J connectivity index is 1.48. The number of aliphatic hydroxyl groups excluding tert-OH is 2. The third-order valence-electron chi connectivity index (χ3n) is 6.31. The summed E-state index contributed by atoms with van der Waals surface area (Å²) in [6.45, 7) is 4.37. The van der Waals surface area contributed by atoms with Gasteiger partial charge in [0.05, 0.1) is 0 Å². The Hall–Kier alpha value is -2.21. The number of carbonyl (C=O) groups is 1.